The molecule has 0 unspecified atom stereocenters. The summed E-state index contributed by atoms with van der Waals surface area (Å²) in [7, 11) is 0. The van der Waals surface area contributed by atoms with E-state index in [9.17, 15) is 4.57 Å². The zero-order valence-electron chi connectivity index (χ0n) is 7.85. The highest BCUT2D eigenvalue weighted by Crippen LogP contribution is 2.61. The maximum absolute atomic E-state index is 9.51. The molecule has 0 saturated carbocycles. The molecule has 2 heterocycles. The van der Waals surface area contributed by atoms with Crippen LogP contribution in [-0.2, 0) is 4.57 Å². The van der Waals surface area contributed by atoms with Gasteiger partial charge < -0.3 is 5.73 Å². The Labute approximate surface area is 106 Å². The third kappa shape index (κ3) is 4.99. The Kier molecular flexibility index (Phi) is 4.81. The molecule has 0 aliphatic carbocycles. The van der Waals surface area contributed by atoms with Crippen LogP contribution in [0.3, 0.4) is 0 Å². The van der Waals surface area contributed by atoms with Crippen molar-refractivity contribution >= 4 is 55.6 Å². The van der Waals surface area contributed by atoms with Gasteiger partial charge in [-0.1, -0.05) is 0 Å². The van der Waals surface area contributed by atoms with E-state index in [1.165, 1.54) is 0 Å². The van der Waals surface area contributed by atoms with Crippen LogP contribution in [0.2, 0.25) is 0 Å². The van der Waals surface area contributed by atoms with Gasteiger partial charge in [0.05, 0.1) is 0 Å². The van der Waals surface area contributed by atoms with Gasteiger partial charge in [0.25, 0.3) is 0 Å². The van der Waals surface area contributed by atoms with Crippen molar-refractivity contribution < 1.29 is 4.57 Å². The molecule has 2 aromatic rings. The molecule has 2 N–H and O–H groups in total. The first-order valence-corrected chi connectivity index (χ1v) is 8.44. The fraction of sp³-hybridized carbons (Fsp3) is 0. The van der Waals surface area contributed by atoms with Crippen LogP contribution in [0.5, 0.6) is 0 Å². The Morgan fingerprint density at radius 3 is 2.25 bits per heavy atom. The Morgan fingerprint density at radius 2 is 1.69 bits per heavy atom. The summed E-state index contributed by atoms with van der Waals surface area (Å²) in [5, 5.41) is -2.31. The fourth-order valence-electron chi connectivity index (χ4n) is 1.00. The molecule has 4 nitrogen and oxygen atoms in total. The highest BCUT2D eigenvalue weighted by molar-refractivity contribution is 8.24. The van der Waals surface area contributed by atoms with E-state index < -0.39 is 5.20 Å². The standard InChI is InChI=1S/C8H7N3.Cl3OP/c9-7-3-5-11-8-6(7)2-1-4-10-8;1-5(2,3)4/h1-5H,(H2,9,10,11);. The molecule has 0 aliphatic rings. The molecule has 2 rings (SSSR count). The van der Waals surface area contributed by atoms with Crippen LogP contribution in [0.15, 0.2) is 30.6 Å². The average Bonchev–Trinajstić information content (AvgIpc) is 2.16. The highest BCUT2D eigenvalue weighted by atomic mass is 36.0. The minimum absolute atomic E-state index is 0.701. The quantitative estimate of drug-likeness (QED) is 0.746. The number of aromatic nitrogens is 2. The molecular formula is C8H7Cl3N3OP. The minimum atomic E-state index is -3.22. The summed E-state index contributed by atoms with van der Waals surface area (Å²) < 4.78 is 9.51. The number of pyridine rings is 2. The molecule has 0 spiro atoms. The molecule has 16 heavy (non-hydrogen) atoms. The molecule has 0 saturated heterocycles. The highest BCUT2D eigenvalue weighted by Gasteiger charge is 2.03. The van der Waals surface area contributed by atoms with Crippen molar-refractivity contribution in [2.45, 2.75) is 0 Å². The number of halogens is 3. The summed E-state index contributed by atoms with van der Waals surface area (Å²) in [6.45, 7) is 0. The molecule has 0 radical (unpaired) electrons. The van der Waals surface area contributed by atoms with Gasteiger partial charge in [-0.2, -0.15) is 0 Å². The number of nitrogens with two attached hydrogens (primary N) is 1. The number of fused-ring (bicyclic) bond motifs is 1. The van der Waals surface area contributed by atoms with Crippen molar-refractivity contribution in [3.05, 3.63) is 30.6 Å². The lowest BCUT2D eigenvalue weighted by Gasteiger charge is -1.96. The second kappa shape index (κ2) is 5.69. The Hall–Kier alpha value is -0.540. The number of hydrogen-bond donors (Lipinski definition) is 1. The normalized spacial score (nSPS) is 10.7. The first-order valence-electron chi connectivity index (χ1n) is 4.02. The van der Waals surface area contributed by atoms with E-state index in [-0.39, 0.29) is 0 Å². The first-order chi connectivity index (χ1) is 7.38. The van der Waals surface area contributed by atoms with Crippen LogP contribution in [0.25, 0.3) is 11.0 Å². The third-order valence-electron chi connectivity index (χ3n) is 1.55. The van der Waals surface area contributed by atoms with Gasteiger partial charge in [-0.3, -0.25) is 4.57 Å². The summed E-state index contributed by atoms with van der Waals surface area (Å²) in [6.07, 6.45) is 3.36. The maximum Gasteiger partial charge on any atom is 0.339 e. The maximum atomic E-state index is 9.51. The average molecular weight is 298 g/mol. The molecule has 0 bridgehead atoms. The predicted molar refractivity (Wildman–Crippen MR) is 69.1 cm³/mol. The molecule has 0 amide bonds. The Balaban J connectivity index is 0.000000221. The molecule has 2 aromatic heterocycles. The fourth-order valence-corrected chi connectivity index (χ4v) is 1.00. The van der Waals surface area contributed by atoms with Gasteiger partial charge in [0.2, 0.25) is 0 Å². The SMILES string of the molecule is Nc1ccnc2ncccc12.O=P(Cl)(Cl)Cl. The van der Waals surface area contributed by atoms with E-state index in [0.29, 0.717) is 5.65 Å². The molecule has 0 aromatic carbocycles. The molecule has 0 aliphatic heterocycles. The van der Waals surface area contributed by atoms with E-state index >= 15 is 0 Å². The van der Waals surface area contributed by atoms with E-state index in [2.05, 4.69) is 43.7 Å². The van der Waals surface area contributed by atoms with Gasteiger partial charge in [-0.15, -0.1) is 0 Å². The van der Waals surface area contributed by atoms with Crippen molar-refractivity contribution in [1.82, 2.24) is 9.97 Å². The zero-order chi connectivity index (χ0) is 12.2. The van der Waals surface area contributed by atoms with E-state index in [0.717, 1.165) is 11.1 Å². The Bertz CT molecular complexity index is 517. The minimum Gasteiger partial charge on any atom is -0.398 e. The molecule has 0 atom stereocenters. The van der Waals surface area contributed by atoms with Gasteiger partial charge >= 0.3 is 5.20 Å². The lowest BCUT2D eigenvalue weighted by Crippen LogP contribution is -1.89. The molecule has 8 heteroatoms. The topological polar surface area (TPSA) is 68.9 Å². The van der Waals surface area contributed by atoms with Crippen LogP contribution < -0.4 is 5.73 Å². The number of hydrogen-bond acceptors (Lipinski definition) is 4. The zero-order valence-corrected chi connectivity index (χ0v) is 11.0. The van der Waals surface area contributed by atoms with Gasteiger partial charge in [0.15, 0.2) is 5.65 Å². The van der Waals surface area contributed by atoms with Crippen LogP contribution >= 0.6 is 38.9 Å². The van der Waals surface area contributed by atoms with Crippen molar-refractivity contribution in [1.29, 1.82) is 0 Å². The predicted octanol–water partition coefficient (Wildman–Crippen LogP) is 4.02. The summed E-state index contributed by atoms with van der Waals surface area (Å²) in [5.41, 5.74) is 7.10. The van der Waals surface area contributed by atoms with Crippen molar-refractivity contribution in [2.75, 3.05) is 5.73 Å². The second-order valence-electron chi connectivity index (χ2n) is 2.67. The lowest BCUT2D eigenvalue weighted by atomic mass is 10.2. The van der Waals surface area contributed by atoms with E-state index in [4.69, 9.17) is 5.73 Å². The van der Waals surface area contributed by atoms with Crippen molar-refractivity contribution in [2.24, 2.45) is 0 Å². The monoisotopic (exact) mass is 297 g/mol. The second-order valence-corrected chi connectivity index (χ2v) is 9.31. The van der Waals surface area contributed by atoms with Gasteiger partial charge in [-0.05, 0) is 51.9 Å². The van der Waals surface area contributed by atoms with Crippen LogP contribution in [0, 0.1) is 0 Å². The molecule has 86 valence electrons. The van der Waals surface area contributed by atoms with Crippen molar-refractivity contribution in [3.8, 4) is 0 Å². The number of rotatable bonds is 0. The summed E-state index contributed by atoms with van der Waals surface area (Å²) in [5.74, 6) is 0. The van der Waals surface area contributed by atoms with Crippen LogP contribution in [-0.4, -0.2) is 9.97 Å². The van der Waals surface area contributed by atoms with Gasteiger partial charge in [0.1, 0.15) is 0 Å². The van der Waals surface area contributed by atoms with Gasteiger partial charge in [0, 0.05) is 23.5 Å². The first kappa shape index (κ1) is 13.5. The van der Waals surface area contributed by atoms with E-state index in [1.54, 1.807) is 18.5 Å². The number of nitrogens with zero attached hydrogens (tertiary/aromatic N) is 2. The summed E-state index contributed by atoms with van der Waals surface area (Å²) >= 11 is 13.8. The van der Waals surface area contributed by atoms with E-state index in [1.807, 2.05) is 12.1 Å². The largest absolute Gasteiger partial charge is 0.398 e. The molecular weight excluding hydrogens is 291 g/mol. The Morgan fingerprint density at radius 1 is 1.12 bits per heavy atom. The number of nitrogen functional groups attached to an aromatic ring is 1. The van der Waals surface area contributed by atoms with Gasteiger partial charge in [-0.25, -0.2) is 9.97 Å². The third-order valence-corrected chi connectivity index (χ3v) is 1.55. The van der Waals surface area contributed by atoms with Crippen LogP contribution in [0.1, 0.15) is 0 Å². The lowest BCUT2D eigenvalue weighted by molar-refractivity contribution is 0.600. The van der Waals surface area contributed by atoms with Crippen molar-refractivity contribution in [3.63, 3.8) is 0 Å². The smallest absolute Gasteiger partial charge is 0.339 e. The van der Waals surface area contributed by atoms with Crippen LogP contribution in [0.4, 0.5) is 5.69 Å². The molecule has 0 fully saturated rings. The summed E-state index contributed by atoms with van der Waals surface area (Å²) in [4.78, 5) is 8.10. The summed E-state index contributed by atoms with van der Waals surface area (Å²) in [6, 6.07) is 5.52. The number of anilines is 1.